The van der Waals surface area contributed by atoms with Gasteiger partial charge in [0.25, 0.3) is 0 Å². The van der Waals surface area contributed by atoms with Crippen molar-refractivity contribution < 1.29 is 23.8 Å². The third-order valence-corrected chi connectivity index (χ3v) is 3.55. The topological polar surface area (TPSA) is 55.8 Å². The zero-order valence-corrected chi connectivity index (χ0v) is 12.3. The van der Waals surface area contributed by atoms with Gasteiger partial charge in [-0.05, 0) is 25.5 Å². The lowest BCUT2D eigenvalue weighted by molar-refractivity contribution is -0.167. The molecule has 0 saturated carbocycles. The number of aliphatic hydroxyl groups is 1. The van der Waals surface area contributed by atoms with Gasteiger partial charge in [-0.3, -0.25) is 0 Å². The fraction of sp³-hybridized carbons (Fsp3) is 0.533. The van der Waals surface area contributed by atoms with E-state index in [-0.39, 0.29) is 18.6 Å². The molecule has 0 heterocycles. The normalized spacial score (nSPS) is 15.3. The molecule has 2 atom stereocenters. The lowest BCUT2D eigenvalue weighted by Crippen LogP contribution is -2.44. The molecule has 0 aliphatic carbocycles. The van der Waals surface area contributed by atoms with Crippen molar-refractivity contribution in [2.45, 2.75) is 38.7 Å². The van der Waals surface area contributed by atoms with Crippen LogP contribution < -0.4 is 4.74 Å². The van der Waals surface area contributed by atoms with Crippen LogP contribution in [0.2, 0.25) is 0 Å². The maximum atomic E-state index is 14.1. The van der Waals surface area contributed by atoms with Gasteiger partial charge in [-0.25, -0.2) is 9.18 Å². The summed E-state index contributed by atoms with van der Waals surface area (Å²) in [6.45, 7) is 5.05. The molecule has 0 radical (unpaired) electrons. The van der Waals surface area contributed by atoms with Crippen molar-refractivity contribution in [2.24, 2.45) is 0 Å². The van der Waals surface area contributed by atoms with Crippen molar-refractivity contribution in [3.63, 3.8) is 0 Å². The Morgan fingerprint density at radius 3 is 2.60 bits per heavy atom. The number of hydrogen-bond acceptors (Lipinski definition) is 4. The molecule has 5 heteroatoms. The summed E-state index contributed by atoms with van der Waals surface area (Å²) in [6.07, 6.45) is 0.116. The van der Waals surface area contributed by atoms with E-state index in [4.69, 9.17) is 9.47 Å². The van der Waals surface area contributed by atoms with Crippen LogP contribution in [0.1, 0.15) is 38.7 Å². The third-order valence-electron chi connectivity index (χ3n) is 3.55. The third kappa shape index (κ3) is 2.93. The molecule has 0 fully saturated rings. The number of carbonyl (C=O) groups is 1. The van der Waals surface area contributed by atoms with Crippen LogP contribution in [-0.2, 0) is 9.53 Å². The van der Waals surface area contributed by atoms with Crippen molar-refractivity contribution in [1.29, 1.82) is 0 Å². The van der Waals surface area contributed by atoms with Crippen LogP contribution >= 0.6 is 0 Å². The second kappa shape index (κ2) is 6.70. The SMILES string of the molecule is CCOC(=O)C(O)(CC)C(C)c1c(F)cccc1OC. The maximum Gasteiger partial charge on any atom is 0.338 e. The summed E-state index contributed by atoms with van der Waals surface area (Å²) in [5.74, 6) is -1.76. The molecule has 0 saturated heterocycles. The Kier molecular flexibility index (Phi) is 5.51. The van der Waals surface area contributed by atoms with Gasteiger partial charge in [0.15, 0.2) is 5.60 Å². The van der Waals surface area contributed by atoms with Crippen LogP contribution in [0.15, 0.2) is 18.2 Å². The van der Waals surface area contributed by atoms with E-state index in [0.717, 1.165) is 0 Å². The zero-order valence-electron chi connectivity index (χ0n) is 12.3. The first kappa shape index (κ1) is 16.4. The molecule has 0 amide bonds. The number of methoxy groups -OCH3 is 1. The molecule has 1 rings (SSSR count). The molecule has 0 aromatic heterocycles. The minimum Gasteiger partial charge on any atom is -0.496 e. The van der Waals surface area contributed by atoms with Crippen molar-refractivity contribution in [1.82, 2.24) is 0 Å². The fourth-order valence-electron chi connectivity index (χ4n) is 2.24. The first-order valence-corrected chi connectivity index (χ1v) is 6.64. The number of halogens is 1. The summed E-state index contributed by atoms with van der Waals surface area (Å²) in [5, 5.41) is 10.6. The van der Waals surface area contributed by atoms with Gasteiger partial charge < -0.3 is 14.6 Å². The number of benzene rings is 1. The molecular formula is C15H21FO4. The van der Waals surface area contributed by atoms with Crippen LogP contribution in [0.4, 0.5) is 4.39 Å². The second-order valence-electron chi connectivity index (χ2n) is 4.58. The van der Waals surface area contributed by atoms with Crippen molar-refractivity contribution >= 4 is 5.97 Å². The van der Waals surface area contributed by atoms with E-state index in [1.165, 1.54) is 19.2 Å². The summed E-state index contributed by atoms with van der Waals surface area (Å²) in [7, 11) is 1.42. The predicted molar refractivity (Wildman–Crippen MR) is 73.2 cm³/mol. The number of carbonyl (C=O) groups excluding carboxylic acids is 1. The predicted octanol–water partition coefficient (Wildman–Crippen LogP) is 2.64. The Morgan fingerprint density at radius 2 is 2.10 bits per heavy atom. The number of hydrogen-bond donors (Lipinski definition) is 1. The van der Waals surface area contributed by atoms with Crippen molar-refractivity contribution in [3.8, 4) is 5.75 Å². The van der Waals surface area contributed by atoms with E-state index < -0.39 is 23.3 Å². The number of ether oxygens (including phenoxy) is 2. The van der Waals surface area contributed by atoms with Gasteiger partial charge in [-0.15, -0.1) is 0 Å². The van der Waals surface area contributed by atoms with Gasteiger partial charge in [0.05, 0.1) is 13.7 Å². The van der Waals surface area contributed by atoms with Crippen LogP contribution in [0.3, 0.4) is 0 Å². The molecule has 1 aromatic rings. The van der Waals surface area contributed by atoms with Gasteiger partial charge >= 0.3 is 5.97 Å². The Labute approximate surface area is 118 Å². The van der Waals surface area contributed by atoms with Gasteiger partial charge in [-0.1, -0.05) is 19.9 Å². The van der Waals surface area contributed by atoms with Crippen LogP contribution in [0, 0.1) is 5.82 Å². The average Bonchev–Trinajstić information content (AvgIpc) is 2.45. The van der Waals surface area contributed by atoms with Crippen LogP contribution in [-0.4, -0.2) is 30.4 Å². The summed E-state index contributed by atoms with van der Waals surface area (Å²) >= 11 is 0. The Morgan fingerprint density at radius 1 is 1.45 bits per heavy atom. The molecule has 4 nitrogen and oxygen atoms in total. The van der Waals surface area contributed by atoms with Crippen molar-refractivity contribution in [2.75, 3.05) is 13.7 Å². The van der Waals surface area contributed by atoms with Crippen molar-refractivity contribution in [3.05, 3.63) is 29.6 Å². The lowest BCUT2D eigenvalue weighted by Gasteiger charge is -2.31. The lowest BCUT2D eigenvalue weighted by atomic mass is 9.81. The highest BCUT2D eigenvalue weighted by atomic mass is 19.1. The van der Waals surface area contributed by atoms with E-state index >= 15 is 0 Å². The molecule has 20 heavy (non-hydrogen) atoms. The number of rotatable bonds is 6. The first-order chi connectivity index (χ1) is 9.42. The Balaban J connectivity index is 3.27. The van der Waals surface area contributed by atoms with E-state index in [1.54, 1.807) is 26.8 Å². The average molecular weight is 284 g/mol. The molecule has 0 aliphatic rings. The van der Waals surface area contributed by atoms with E-state index in [0.29, 0.717) is 5.75 Å². The monoisotopic (exact) mass is 284 g/mol. The molecule has 112 valence electrons. The summed E-state index contributed by atoms with van der Waals surface area (Å²) < 4.78 is 24.1. The minimum absolute atomic E-state index is 0.116. The standard InChI is InChI=1S/C15H21FO4/c1-5-15(18,14(17)20-6-2)10(3)13-11(16)8-7-9-12(13)19-4/h7-10,18H,5-6H2,1-4H3. The van der Waals surface area contributed by atoms with E-state index in [2.05, 4.69) is 0 Å². The smallest absolute Gasteiger partial charge is 0.338 e. The summed E-state index contributed by atoms with van der Waals surface area (Å²) in [4.78, 5) is 12.0. The highest BCUT2D eigenvalue weighted by molar-refractivity contribution is 5.81. The molecule has 2 unspecified atom stereocenters. The molecule has 0 aliphatic heterocycles. The second-order valence-corrected chi connectivity index (χ2v) is 4.58. The first-order valence-electron chi connectivity index (χ1n) is 6.64. The Bertz CT molecular complexity index is 475. The largest absolute Gasteiger partial charge is 0.496 e. The van der Waals surface area contributed by atoms with Gasteiger partial charge in [0.1, 0.15) is 11.6 Å². The van der Waals surface area contributed by atoms with Gasteiger partial charge in [-0.2, -0.15) is 0 Å². The maximum absolute atomic E-state index is 14.1. The highest BCUT2D eigenvalue weighted by Gasteiger charge is 2.44. The molecule has 1 N–H and O–H groups in total. The minimum atomic E-state index is -1.79. The quantitative estimate of drug-likeness (QED) is 0.816. The number of esters is 1. The molecule has 0 spiro atoms. The van der Waals surface area contributed by atoms with Crippen LogP contribution in [0.5, 0.6) is 5.75 Å². The summed E-state index contributed by atoms with van der Waals surface area (Å²) in [6, 6.07) is 4.38. The van der Waals surface area contributed by atoms with Gasteiger partial charge in [0.2, 0.25) is 0 Å². The Hall–Kier alpha value is -1.62. The zero-order chi connectivity index (χ0) is 15.3. The summed E-state index contributed by atoms with van der Waals surface area (Å²) in [5.41, 5.74) is -1.61. The molecule has 1 aromatic carbocycles. The van der Waals surface area contributed by atoms with Gasteiger partial charge in [0, 0.05) is 11.5 Å². The molecule has 0 bridgehead atoms. The van der Waals surface area contributed by atoms with Crippen LogP contribution in [0.25, 0.3) is 0 Å². The van der Waals surface area contributed by atoms with E-state index in [1.807, 2.05) is 0 Å². The highest BCUT2D eigenvalue weighted by Crippen LogP contribution is 2.38. The molecular weight excluding hydrogens is 263 g/mol. The fourth-order valence-corrected chi connectivity index (χ4v) is 2.24. The van der Waals surface area contributed by atoms with E-state index in [9.17, 15) is 14.3 Å².